The molecule has 0 amide bonds. The first-order chi connectivity index (χ1) is 13.9. The number of imidazole rings is 1. The minimum atomic E-state index is -4.61. The fourth-order valence-corrected chi connectivity index (χ4v) is 4.13. The van der Waals surface area contributed by atoms with E-state index in [0.29, 0.717) is 11.8 Å². The van der Waals surface area contributed by atoms with E-state index in [4.69, 9.17) is 0 Å². The van der Waals surface area contributed by atoms with Gasteiger partial charge in [0.05, 0.1) is 16.2 Å². The van der Waals surface area contributed by atoms with Gasteiger partial charge in [-0.05, 0) is 17.7 Å². The van der Waals surface area contributed by atoms with Gasteiger partial charge in [-0.15, -0.1) is 0 Å². The normalized spacial score (nSPS) is 12.7. The van der Waals surface area contributed by atoms with Crippen LogP contribution in [-0.2, 0) is 40.5 Å². The Morgan fingerprint density at radius 3 is 2.47 bits per heavy atom. The van der Waals surface area contributed by atoms with E-state index in [0.717, 1.165) is 6.07 Å². The van der Waals surface area contributed by atoms with Crippen LogP contribution in [0.4, 0.5) is 13.2 Å². The first-order valence-electron chi connectivity index (χ1n) is 8.43. The number of hydrogen-bond donors (Lipinski definition) is 2. The van der Waals surface area contributed by atoms with E-state index in [1.807, 2.05) is 0 Å². The number of nitrogens with one attached hydrogen (secondary N) is 1. The van der Waals surface area contributed by atoms with Gasteiger partial charge in [-0.1, -0.05) is 6.92 Å². The van der Waals surface area contributed by atoms with Crippen molar-refractivity contribution in [1.29, 1.82) is 0 Å². The third kappa shape index (κ3) is 4.29. The van der Waals surface area contributed by atoms with Crippen LogP contribution >= 0.6 is 0 Å². The SMILES string of the molecule is CCS(=O)(=O)c1cc(CN[SH](=O)=O)cnc1-c1nc2cc(C(F)(F)F)cnc2n1C. The third-order valence-electron chi connectivity index (χ3n) is 4.28. The molecule has 3 heterocycles. The lowest BCUT2D eigenvalue weighted by Gasteiger charge is -2.10. The molecule has 0 aromatic carbocycles. The van der Waals surface area contributed by atoms with Crippen LogP contribution in [0.5, 0.6) is 0 Å². The molecule has 0 spiro atoms. The number of sulfone groups is 1. The Balaban J connectivity index is 2.21. The molecule has 9 nitrogen and oxygen atoms in total. The summed E-state index contributed by atoms with van der Waals surface area (Å²) in [6, 6.07) is 2.09. The number of hydrogen-bond acceptors (Lipinski definition) is 7. The number of aromatic nitrogens is 4. The molecule has 3 rings (SSSR count). The molecule has 3 aromatic heterocycles. The fraction of sp³-hybridized carbons (Fsp3) is 0.312. The molecule has 0 unspecified atom stereocenters. The predicted molar refractivity (Wildman–Crippen MR) is 102 cm³/mol. The van der Waals surface area contributed by atoms with Crippen LogP contribution in [0.25, 0.3) is 22.7 Å². The number of halogens is 3. The number of nitrogens with zero attached hydrogens (tertiary/aromatic N) is 4. The minimum absolute atomic E-state index is 0.0123. The van der Waals surface area contributed by atoms with Crippen LogP contribution in [0.3, 0.4) is 0 Å². The van der Waals surface area contributed by atoms with Gasteiger partial charge < -0.3 is 4.57 Å². The predicted octanol–water partition coefficient (Wildman–Crippen LogP) is 1.46. The molecule has 14 heteroatoms. The molecule has 162 valence electrons. The Hall–Kier alpha value is -2.58. The molecule has 0 aliphatic heterocycles. The summed E-state index contributed by atoms with van der Waals surface area (Å²) in [4.78, 5) is 11.8. The van der Waals surface area contributed by atoms with Crippen molar-refractivity contribution in [1.82, 2.24) is 24.2 Å². The third-order valence-corrected chi connectivity index (χ3v) is 6.44. The molecule has 1 N–H and O–H groups in total. The summed E-state index contributed by atoms with van der Waals surface area (Å²) in [5.41, 5.74) is -0.712. The van der Waals surface area contributed by atoms with Crippen LogP contribution < -0.4 is 4.72 Å². The molecule has 0 aliphatic rings. The summed E-state index contributed by atoms with van der Waals surface area (Å²) in [5.74, 6) is -0.257. The maximum atomic E-state index is 13.0. The highest BCUT2D eigenvalue weighted by molar-refractivity contribution is 7.91. The minimum Gasteiger partial charge on any atom is -0.310 e. The topological polar surface area (TPSA) is 124 Å². The van der Waals surface area contributed by atoms with Crippen molar-refractivity contribution < 1.29 is 30.0 Å². The van der Waals surface area contributed by atoms with Crippen LogP contribution in [0, 0.1) is 0 Å². The summed E-state index contributed by atoms with van der Waals surface area (Å²) in [7, 11) is -5.23. The van der Waals surface area contributed by atoms with Crippen LogP contribution in [-0.4, -0.2) is 42.1 Å². The Kier molecular flexibility index (Phi) is 5.84. The van der Waals surface area contributed by atoms with Gasteiger partial charge in [0.15, 0.2) is 21.3 Å². The van der Waals surface area contributed by atoms with Gasteiger partial charge >= 0.3 is 6.18 Å². The second-order valence-electron chi connectivity index (χ2n) is 6.24. The average molecular weight is 463 g/mol. The number of rotatable bonds is 6. The Morgan fingerprint density at radius 1 is 1.17 bits per heavy atom. The highest BCUT2D eigenvalue weighted by atomic mass is 32.2. The maximum Gasteiger partial charge on any atom is 0.417 e. The zero-order valence-electron chi connectivity index (χ0n) is 15.6. The summed E-state index contributed by atoms with van der Waals surface area (Å²) in [6.45, 7) is 1.25. The number of thiol groups is 1. The van der Waals surface area contributed by atoms with E-state index in [1.54, 1.807) is 0 Å². The van der Waals surface area contributed by atoms with Crippen molar-refractivity contribution in [3.8, 4) is 11.5 Å². The Labute approximate surface area is 171 Å². The molecular formula is C16H16F3N5O4S2. The van der Waals surface area contributed by atoms with Gasteiger partial charge in [0, 0.05) is 26.0 Å². The van der Waals surface area contributed by atoms with Gasteiger partial charge in [0.2, 0.25) is 10.9 Å². The zero-order valence-corrected chi connectivity index (χ0v) is 17.3. The lowest BCUT2D eigenvalue weighted by atomic mass is 10.2. The maximum absolute atomic E-state index is 13.0. The lowest BCUT2D eigenvalue weighted by Crippen LogP contribution is -2.13. The van der Waals surface area contributed by atoms with Gasteiger partial charge in [-0.2, -0.15) is 13.2 Å². The summed E-state index contributed by atoms with van der Waals surface area (Å²) in [6.07, 6.45) is -2.67. The molecule has 0 aliphatic carbocycles. The van der Waals surface area contributed by atoms with Gasteiger partial charge in [0.1, 0.15) is 11.2 Å². The largest absolute Gasteiger partial charge is 0.417 e. The molecule has 0 fully saturated rings. The summed E-state index contributed by atoms with van der Waals surface area (Å²) < 4.78 is 89.1. The van der Waals surface area contributed by atoms with E-state index in [-0.39, 0.29) is 39.9 Å². The molecule has 30 heavy (non-hydrogen) atoms. The molecule has 0 bridgehead atoms. The van der Waals surface area contributed by atoms with Crippen molar-refractivity contribution in [2.24, 2.45) is 7.05 Å². The molecule has 0 atom stereocenters. The van der Waals surface area contributed by atoms with E-state index >= 15 is 0 Å². The first-order valence-corrected chi connectivity index (χ1v) is 11.3. The highest BCUT2D eigenvalue weighted by Crippen LogP contribution is 2.32. The van der Waals surface area contributed by atoms with Gasteiger partial charge in [-0.3, -0.25) is 4.98 Å². The zero-order chi connectivity index (χ0) is 22.3. The number of pyridine rings is 2. The second kappa shape index (κ2) is 7.92. The second-order valence-corrected chi connectivity index (χ2v) is 9.32. The van der Waals surface area contributed by atoms with E-state index < -0.39 is 32.5 Å². The first kappa shape index (κ1) is 22.1. The number of alkyl halides is 3. The van der Waals surface area contributed by atoms with Crippen molar-refractivity contribution in [3.63, 3.8) is 0 Å². The van der Waals surface area contributed by atoms with Crippen LogP contribution in [0.2, 0.25) is 0 Å². The lowest BCUT2D eigenvalue weighted by molar-refractivity contribution is -0.137. The Morgan fingerprint density at radius 2 is 1.87 bits per heavy atom. The van der Waals surface area contributed by atoms with Crippen LogP contribution in [0.15, 0.2) is 29.4 Å². The highest BCUT2D eigenvalue weighted by Gasteiger charge is 2.32. The van der Waals surface area contributed by atoms with Crippen LogP contribution in [0.1, 0.15) is 18.1 Å². The monoisotopic (exact) mass is 463 g/mol. The standard InChI is InChI=1S/C16H16F3N5O4S2/c1-3-30(27,28)12-4-9(7-22-29(25)26)6-20-13(12)15-23-11-5-10(16(17,18)19)8-21-14(11)24(15)2/h4-6,8,29H,3,7H2,1-2H3,(H,22,25,26). The smallest absolute Gasteiger partial charge is 0.310 e. The molecular weight excluding hydrogens is 447 g/mol. The average Bonchev–Trinajstić information content (AvgIpc) is 3.01. The summed E-state index contributed by atoms with van der Waals surface area (Å²) in [5, 5.41) is 0. The number of aryl methyl sites for hydroxylation is 1. The van der Waals surface area contributed by atoms with Crippen molar-refractivity contribution >= 4 is 31.9 Å². The Bertz CT molecular complexity index is 1290. The molecule has 3 aromatic rings. The van der Waals surface area contributed by atoms with E-state index in [9.17, 15) is 30.0 Å². The molecule has 0 saturated heterocycles. The van der Waals surface area contributed by atoms with E-state index in [2.05, 4.69) is 19.7 Å². The van der Waals surface area contributed by atoms with Crippen molar-refractivity contribution in [3.05, 3.63) is 35.7 Å². The fourth-order valence-electron chi connectivity index (χ4n) is 2.74. The number of fused-ring (bicyclic) bond motifs is 1. The van der Waals surface area contributed by atoms with Gasteiger partial charge in [-0.25, -0.2) is 31.5 Å². The molecule has 0 saturated carbocycles. The van der Waals surface area contributed by atoms with Crippen molar-refractivity contribution in [2.75, 3.05) is 5.75 Å². The molecule has 0 radical (unpaired) electrons. The van der Waals surface area contributed by atoms with Crippen molar-refractivity contribution in [2.45, 2.75) is 24.5 Å². The quantitative estimate of drug-likeness (QED) is 0.531. The summed E-state index contributed by atoms with van der Waals surface area (Å²) >= 11 is 0. The van der Waals surface area contributed by atoms with Gasteiger partial charge in [0.25, 0.3) is 0 Å². The van der Waals surface area contributed by atoms with E-state index in [1.165, 1.54) is 30.8 Å².